The van der Waals surface area contributed by atoms with Gasteiger partial charge in [-0.3, -0.25) is 9.20 Å². The summed E-state index contributed by atoms with van der Waals surface area (Å²) in [6, 6.07) is 8.97. The second kappa shape index (κ2) is 9.68. The number of ether oxygens (including phenoxy) is 1. The molecule has 37 heavy (non-hydrogen) atoms. The molecule has 2 aliphatic heterocycles. The van der Waals surface area contributed by atoms with Gasteiger partial charge in [-0.05, 0) is 63.2 Å². The molecule has 0 spiro atoms. The fraction of sp³-hybridized carbons (Fsp3) is 0.407. The second-order valence-electron chi connectivity index (χ2n) is 10.0. The number of hydrogen-bond acceptors (Lipinski definition) is 7. The smallest absolute Gasteiger partial charge is 0.255 e. The molecule has 3 N–H and O–H groups in total. The van der Waals surface area contributed by atoms with Crippen molar-refractivity contribution >= 4 is 32.4 Å². The molecule has 0 aliphatic carbocycles. The van der Waals surface area contributed by atoms with Crippen molar-refractivity contribution in [3.05, 3.63) is 53.5 Å². The molecule has 4 aromatic rings. The number of methoxy groups -OCH3 is 1. The molecule has 0 bridgehead atoms. The lowest BCUT2D eigenvalue weighted by atomic mass is 10.0. The van der Waals surface area contributed by atoms with E-state index in [4.69, 9.17) is 9.72 Å². The lowest BCUT2D eigenvalue weighted by Crippen LogP contribution is -2.43. The van der Waals surface area contributed by atoms with Crippen molar-refractivity contribution in [3.8, 4) is 17.0 Å². The van der Waals surface area contributed by atoms with E-state index in [0.29, 0.717) is 40.5 Å². The Balaban J connectivity index is 1.29. The highest BCUT2D eigenvalue weighted by atomic mass is 32.1. The number of thiazole rings is 1. The normalized spacial score (nSPS) is 21.2. The van der Waals surface area contributed by atoms with Crippen molar-refractivity contribution in [1.29, 1.82) is 0 Å². The number of aliphatic hydroxyl groups excluding tert-OH is 1. The fourth-order valence-corrected chi connectivity index (χ4v) is 6.37. The highest BCUT2D eigenvalue weighted by Crippen LogP contribution is 2.35. The van der Waals surface area contributed by atoms with E-state index in [-0.39, 0.29) is 23.8 Å². The molecular formula is C27H30FN5O3S. The van der Waals surface area contributed by atoms with E-state index in [1.54, 1.807) is 13.2 Å². The minimum Gasteiger partial charge on any atom is -0.496 e. The number of likely N-dealkylation sites (tertiary alicyclic amines) is 1. The first-order valence-corrected chi connectivity index (χ1v) is 13.4. The molecule has 0 unspecified atom stereocenters. The van der Waals surface area contributed by atoms with Gasteiger partial charge < -0.3 is 25.4 Å². The maximum atomic E-state index is 15.1. The third-order valence-corrected chi connectivity index (χ3v) is 8.51. The minimum atomic E-state index is -0.404. The van der Waals surface area contributed by atoms with Crippen molar-refractivity contribution in [2.75, 3.05) is 33.8 Å². The first-order valence-electron chi connectivity index (χ1n) is 12.6. The highest BCUT2D eigenvalue weighted by molar-refractivity contribution is 7.23. The number of β-amino-alcohol motifs (C(OH)–C–C–N with tert-alkyl or cyclic N) is 1. The average molecular weight is 524 g/mol. The summed E-state index contributed by atoms with van der Waals surface area (Å²) in [4.78, 5) is 20.8. The highest BCUT2D eigenvalue weighted by Gasteiger charge is 2.25. The molecule has 8 nitrogen and oxygen atoms in total. The number of carbonyl (C=O) groups excluding carboxylic acids is 1. The standard InChI is InChI=1S/C27H30FN5O3S/c1-32-7-5-16(6-8-32)30-26(35)19-11-25-23(12-24(19)36-2)33-14-22(31-27(33)37-25)18-4-3-15(9-20(18)28)21-10-17(34)13-29-21/h3-4,9,11-12,14,16-17,21,29,34H,5-8,10,13H2,1-2H3,(H,30,35)/t17-,21+/m0/s1. The van der Waals surface area contributed by atoms with Crippen LogP contribution in [0.25, 0.3) is 26.4 Å². The maximum Gasteiger partial charge on any atom is 0.255 e. The number of fused-ring (bicyclic) bond motifs is 3. The van der Waals surface area contributed by atoms with Gasteiger partial charge in [0.2, 0.25) is 0 Å². The van der Waals surface area contributed by atoms with Gasteiger partial charge in [-0.15, -0.1) is 0 Å². The van der Waals surface area contributed by atoms with Crippen LogP contribution in [0.2, 0.25) is 0 Å². The number of piperidine rings is 1. The molecule has 1 amide bonds. The van der Waals surface area contributed by atoms with Crippen molar-refractivity contribution in [1.82, 2.24) is 24.9 Å². The van der Waals surface area contributed by atoms with E-state index in [1.165, 1.54) is 17.4 Å². The van der Waals surface area contributed by atoms with Crippen LogP contribution in [0.15, 0.2) is 36.5 Å². The Morgan fingerprint density at radius 1 is 1.27 bits per heavy atom. The summed E-state index contributed by atoms with van der Waals surface area (Å²) >= 11 is 1.45. The lowest BCUT2D eigenvalue weighted by molar-refractivity contribution is 0.0914. The molecule has 0 radical (unpaired) electrons. The summed E-state index contributed by atoms with van der Waals surface area (Å²) in [6.45, 7) is 2.45. The monoisotopic (exact) mass is 523 g/mol. The van der Waals surface area contributed by atoms with Crippen molar-refractivity contribution in [3.63, 3.8) is 0 Å². The van der Waals surface area contributed by atoms with Gasteiger partial charge in [-0.25, -0.2) is 9.37 Å². The van der Waals surface area contributed by atoms with Crippen molar-refractivity contribution < 1.29 is 19.0 Å². The molecule has 194 valence electrons. The molecule has 10 heteroatoms. The number of amides is 1. The number of rotatable bonds is 5. The van der Waals surface area contributed by atoms with E-state index in [0.717, 1.165) is 41.7 Å². The topological polar surface area (TPSA) is 91.1 Å². The summed E-state index contributed by atoms with van der Waals surface area (Å²) in [5.41, 5.74) is 3.14. The number of halogens is 1. The largest absolute Gasteiger partial charge is 0.496 e. The van der Waals surface area contributed by atoms with E-state index >= 15 is 4.39 Å². The van der Waals surface area contributed by atoms with Crippen LogP contribution >= 0.6 is 11.3 Å². The summed E-state index contributed by atoms with van der Waals surface area (Å²) in [5, 5.41) is 16.2. The van der Waals surface area contributed by atoms with E-state index in [9.17, 15) is 9.90 Å². The van der Waals surface area contributed by atoms with Crippen LogP contribution in [0.5, 0.6) is 5.75 Å². The van der Waals surface area contributed by atoms with Crippen LogP contribution < -0.4 is 15.4 Å². The van der Waals surface area contributed by atoms with E-state index in [2.05, 4.69) is 22.6 Å². The zero-order valence-electron chi connectivity index (χ0n) is 20.8. The second-order valence-corrected chi connectivity index (χ2v) is 11.1. The van der Waals surface area contributed by atoms with Gasteiger partial charge in [0.25, 0.3) is 5.91 Å². The Hall–Kier alpha value is -3.05. The first-order chi connectivity index (χ1) is 17.9. The number of nitrogens with zero attached hydrogens (tertiary/aromatic N) is 3. The molecule has 2 saturated heterocycles. The van der Waals surface area contributed by atoms with Crippen LogP contribution in [-0.2, 0) is 0 Å². The number of aromatic nitrogens is 2. The number of nitrogens with one attached hydrogen (secondary N) is 2. The summed E-state index contributed by atoms with van der Waals surface area (Å²) in [5.74, 6) is 0.0160. The number of benzene rings is 2. The quantitative estimate of drug-likeness (QED) is 0.371. The molecule has 2 aliphatic rings. The van der Waals surface area contributed by atoms with Crippen LogP contribution in [0.3, 0.4) is 0 Å². The summed E-state index contributed by atoms with van der Waals surface area (Å²) < 4.78 is 23.5. The number of aliphatic hydroxyl groups is 1. The van der Waals surface area contributed by atoms with Gasteiger partial charge in [-0.1, -0.05) is 17.4 Å². The van der Waals surface area contributed by atoms with Gasteiger partial charge >= 0.3 is 0 Å². The van der Waals surface area contributed by atoms with Crippen LogP contribution in [0, 0.1) is 5.82 Å². The lowest BCUT2D eigenvalue weighted by Gasteiger charge is -2.29. The fourth-order valence-electron chi connectivity index (χ4n) is 5.34. The van der Waals surface area contributed by atoms with Crippen LogP contribution in [-0.4, -0.2) is 71.2 Å². The van der Waals surface area contributed by atoms with Crippen LogP contribution in [0.1, 0.15) is 41.2 Å². The Bertz CT molecular complexity index is 1480. The Kier molecular flexibility index (Phi) is 6.36. The SMILES string of the molecule is COc1cc2c(cc1C(=O)NC1CCN(C)CC1)sc1nc(-c3ccc([C@H]4C[C@H](O)CN4)cc3F)cn12. The maximum absolute atomic E-state index is 15.1. The van der Waals surface area contributed by atoms with E-state index < -0.39 is 6.10 Å². The average Bonchev–Trinajstić information content (AvgIpc) is 3.59. The molecule has 2 aromatic carbocycles. The Labute approximate surface area is 218 Å². The summed E-state index contributed by atoms with van der Waals surface area (Å²) in [7, 11) is 3.66. The molecule has 2 fully saturated rings. The van der Waals surface area contributed by atoms with Crippen LogP contribution in [0.4, 0.5) is 4.39 Å². The Morgan fingerprint density at radius 3 is 2.78 bits per heavy atom. The molecule has 6 rings (SSSR count). The van der Waals surface area contributed by atoms with Gasteiger partial charge in [0, 0.05) is 36.5 Å². The van der Waals surface area contributed by atoms with Gasteiger partial charge in [0.15, 0.2) is 4.96 Å². The summed E-state index contributed by atoms with van der Waals surface area (Å²) in [6.07, 6.45) is 3.85. The molecule has 2 atom stereocenters. The van der Waals surface area contributed by atoms with Gasteiger partial charge in [-0.2, -0.15) is 0 Å². The van der Waals surface area contributed by atoms with Crippen molar-refractivity contribution in [2.24, 2.45) is 0 Å². The molecular weight excluding hydrogens is 493 g/mol. The zero-order valence-corrected chi connectivity index (χ0v) is 21.6. The molecule has 4 heterocycles. The third-order valence-electron chi connectivity index (χ3n) is 7.49. The molecule has 0 saturated carbocycles. The van der Waals surface area contributed by atoms with Gasteiger partial charge in [0.1, 0.15) is 11.6 Å². The molecule has 2 aromatic heterocycles. The zero-order chi connectivity index (χ0) is 25.7. The van der Waals surface area contributed by atoms with Crippen molar-refractivity contribution in [2.45, 2.75) is 37.5 Å². The number of carbonyl (C=O) groups is 1. The Morgan fingerprint density at radius 2 is 2.08 bits per heavy atom. The van der Waals surface area contributed by atoms with E-state index in [1.807, 2.05) is 28.8 Å². The third kappa shape index (κ3) is 4.59. The first kappa shape index (κ1) is 24.3. The predicted octanol–water partition coefficient (Wildman–Crippen LogP) is 3.58. The number of imidazole rings is 1. The number of hydrogen-bond donors (Lipinski definition) is 3. The minimum absolute atomic E-state index is 0.0497. The van der Waals surface area contributed by atoms with Gasteiger partial charge in [0.05, 0.1) is 34.7 Å². The predicted molar refractivity (Wildman–Crippen MR) is 142 cm³/mol.